The van der Waals surface area contributed by atoms with E-state index in [-0.39, 0.29) is 36.3 Å². The van der Waals surface area contributed by atoms with Crippen molar-refractivity contribution in [3.05, 3.63) is 69.3 Å². The third-order valence-electron chi connectivity index (χ3n) is 4.94. The molecule has 13 heteroatoms. The molecule has 2 amide bonds. The molecule has 1 fully saturated rings. The topological polar surface area (TPSA) is 83.8 Å². The van der Waals surface area contributed by atoms with Crippen LogP contribution < -0.4 is 4.90 Å². The van der Waals surface area contributed by atoms with E-state index in [0.29, 0.717) is 18.6 Å². The van der Waals surface area contributed by atoms with Crippen LogP contribution in [-0.2, 0) is 17.1 Å². The summed E-state index contributed by atoms with van der Waals surface area (Å²) in [6.07, 6.45) is -9.67. The summed E-state index contributed by atoms with van der Waals surface area (Å²) in [4.78, 5) is 37.3. The lowest BCUT2D eigenvalue weighted by Crippen LogP contribution is -2.42. The van der Waals surface area contributed by atoms with Gasteiger partial charge in [0.25, 0.3) is 11.6 Å². The monoisotopic (exact) mass is 475 g/mol. The molecule has 0 radical (unpaired) electrons. The number of benzene rings is 2. The molecule has 176 valence electrons. The minimum atomic E-state index is -5.15. The molecule has 0 spiro atoms. The zero-order valence-electron chi connectivity index (χ0n) is 16.6. The minimum absolute atomic E-state index is 0.0451. The minimum Gasteiger partial charge on any atom is -0.324 e. The molecule has 1 saturated heterocycles. The summed E-state index contributed by atoms with van der Waals surface area (Å²) in [5.74, 6) is -1.59. The Balaban J connectivity index is 2.08. The van der Waals surface area contributed by atoms with Gasteiger partial charge in [0.1, 0.15) is 6.67 Å². The largest absolute Gasteiger partial charge is 0.416 e. The molecule has 0 N–H and O–H groups in total. The van der Waals surface area contributed by atoms with Crippen LogP contribution in [0.3, 0.4) is 0 Å². The van der Waals surface area contributed by atoms with E-state index in [1.807, 2.05) is 0 Å². The summed E-state index contributed by atoms with van der Waals surface area (Å²) in [6.45, 7) is -0.223. The van der Waals surface area contributed by atoms with E-state index >= 15 is 0 Å². The second-order valence-electron chi connectivity index (χ2n) is 7.20. The van der Waals surface area contributed by atoms with Crippen LogP contribution in [0, 0.1) is 10.1 Å². The Bertz CT molecular complexity index is 1050. The van der Waals surface area contributed by atoms with Crippen molar-refractivity contribution >= 4 is 23.2 Å². The van der Waals surface area contributed by atoms with Gasteiger partial charge in [0.05, 0.1) is 16.1 Å². The molecule has 1 heterocycles. The van der Waals surface area contributed by atoms with Gasteiger partial charge in [-0.3, -0.25) is 24.6 Å². The van der Waals surface area contributed by atoms with Crippen LogP contribution in [-0.4, -0.2) is 34.9 Å². The van der Waals surface area contributed by atoms with Crippen LogP contribution in [0.4, 0.5) is 37.7 Å². The van der Waals surface area contributed by atoms with E-state index < -0.39 is 46.5 Å². The highest BCUT2D eigenvalue weighted by atomic mass is 19.4. The van der Waals surface area contributed by atoms with Gasteiger partial charge in [-0.1, -0.05) is 0 Å². The summed E-state index contributed by atoms with van der Waals surface area (Å²) in [7, 11) is 0. The Morgan fingerprint density at radius 3 is 1.97 bits per heavy atom. The summed E-state index contributed by atoms with van der Waals surface area (Å²) < 4.78 is 79.3. The summed E-state index contributed by atoms with van der Waals surface area (Å²) in [5.41, 5.74) is -4.62. The fourth-order valence-electron chi connectivity index (χ4n) is 3.28. The number of nitro benzene ring substituents is 1. The van der Waals surface area contributed by atoms with Crippen molar-refractivity contribution in [3.8, 4) is 0 Å². The van der Waals surface area contributed by atoms with Crippen molar-refractivity contribution in [2.75, 3.05) is 18.1 Å². The fraction of sp³-hybridized carbons (Fsp3) is 0.300. The predicted octanol–water partition coefficient (Wildman–Crippen LogP) is 4.86. The van der Waals surface area contributed by atoms with Gasteiger partial charge in [-0.15, -0.1) is 0 Å². The van der Waals surface area contributed by atoms with Crippen LogP contribution in [0.2, 0.25) is 0 Å². The zero-order valence-corrected chi connectivity index (χ0v) is 16.6. The number of likely N-dealkylation sites (tertiary alicyclic amines) is 1. The number of halogens is 6. The van der Waals surface area contributed by atoms with Crippen molar-refractivity contribution in [3.63, 3.8) is 0 Å². The number of nitrogens with zero attached hydrogens (tertiary/aromatic N) is 3. The molecule has 33 heavy (non-hydrogen) atoms. The third-order valence-corrected chi connectivity index (χ3v) is 4.94. The number of nitro groups is 1. The highest BCUT2D eigenvalue weighted by Crippen LogP contribution is 2.37. The van der Waals surface area contributed by atoms with Gasteiger partial charge in [0.2, 0.25) is 5.91 Å². The molecule has 2 aromatic carbocycles. The lowest BCUT2D eigenvalue weighted by atomic mass is 10.0. The average molecular weight is 475 g/mol. The van der Waals surface area contributed by atoms with Gasteiger partial charge in [0.15, 0.2) is 0 Å². The van der Waals surface area contributed by atoms with Crippen LogP contribution in [0.25, 0.3) is 0 Å². The summed E-state index contributed by atoms with van der Waals surface area (Å²) in [6, 6.07) is 4.77. The molecular formula is C20H15F6N3O4. The number of anilines is 1. The summed E-state index contributed by atoms with van der Waals surface area (Å²) >= 11 is 0. The van der Waals surface area contributed by atoms with Gasteiger partial charge < -0.3 is 4.90 Å². The number of hydrogen-bond donors (Lipinski definition) is 0. The molecule has 0 bridgehead atoms. The quantitative estimate of drug-likeness (QED) is 0.351. The highest BCUT2D eigenvalue weighted by Gasteiger charge is 2.38. The molecule has 2 aromatic rings. The van der Waals surface area contributed by atoms with Gasteiger partial charge >= 0.3 is 12.4 Å². The van der Waals surface area contributed by atoms with Gasteiger partial charge in [-0.25, -0.2) is 0 Å². The van der Waals surface area contributed by atoms with Crippen molar-refractivity contribution in [1.29, 1.82) is 0 Å². The Labute approximate surface area is 182 Å². The van der Waals surface area contributed by atoms with Gasteiger partial charge in [-0.05, 0) is 36.8 Å². The first kappa shape index (κ1) is 24.0. The van der Waals surface area contributed by atoms with E-state index in [2.05, 4.69) is 0 Å². The molecule has 7 nitrogen and oxygen atoms in total. The Morgan fingerprint density at radius 1 is 1.00 bits per heavy atom. The number of carbonyl (C=O) groups excluding carboxylic acids is 2. The normalized spacial score (nSPS) is 14.5. The number of rotatable bonds is 5. The molecule has 0 unspecified atom stereocenters. The van der Waals surface area contributed by atoms with Crippen LogP contribution in [0.15, 0.2) is 42.5 Å². The average Bonchev–Trinajstić information content (AvgIpc) is 3.14. The maximum atomic E-state index is 13.2. The molecule has 1 aliphatic rings. The maximum Gasteiger partial charge on any atom is 0.416 e. The third kappa shape index (κ3) is 5.41. The number of non-ortho nitro benzene ring substituents is 1. The second-order valence-corrected chi connectivity index (χ2v) is 7.20. The molecule has 0 saturated carbocycles. The van der Waals surface area contributed by atoms with E-state index in [0.717, 1.165) is 29.2 Å². The first-order valence-corrected chi connectivity index (χ1v) is 9.41. The number of alkyl halides is 6. The standard InChI is InChI=1S/C20H15F6N3O4/c21-19(22,23)13-8-12(9-14(10-13)20(24,25)26)18(31)28(11-27-7-1-2-17(27)30)15-3-5-16(6-4-15)29(32)33/h3-6,8-10H,1-2,7,11H2. The van der Waals surface area contributed by atoms with Gasteiger partial charge in [-0.2, -0.15) is 26.3 Å². The Morgan fingerprint density at radius 2 is 1.55 bits per heavy atom. The molecule has 0 atom stereocenters. The lowest BCUT2D eigenvalue weighted by molar-refractivity contribution is -0.384. The number of hydrogen-bond acceptors (Lipinski definition) is 4. The first-order valence-electron chi connectivity index (χ1n) is 9.41. The number of carbonyl (C=O) groups is 2. The Kier molecular flexibility index (Phi) is 6.34. The predicted molar refractivity (Wildman–Crippen MR) is 102 cm³/mol. The molecule has 0 aromatic heterocycles. The van der Waals surface area contributed by atoms with E-state index in [9.17, 15) is 46.0 Å². The van der Waals surface area contributed by atoms with Crippen molar-refractivity contribution in [2.45, 2.75) is 25.2 Å². The number of amides is 2. The van der Waals surface area contributed by atoms with Gasteiger partial charge in [0, 0.05) is 36.3 Å². The smallest absolute Gasteiger partial charge is 0.324 e. The summed E-state index contributed by atoms with van der Waals surface area (Å²) in [5, 5.41) is 10.9. The fourth-order valence-corrected chi connectivity index (χ4v) is 3.28. The van der Waals surface area contributed by atoms with E-state index in [1.165, 1.54) is 4.90 Å². The van der Waals surface area contributed by atoms with Crippen molar-refractivity contribution in [1.82, 2.24) is 4.90 Å². The molecular weight excluding hydrogens is 460 g/mol. The molecule has 3 rings (SSSR count). The van der Waals surface area contributed by atoms with Crippen LogP contribution >= 0.6 is 0 Å². The Hall–Kier alpha value is -3.64. The van der Waals surface area contributed by atoms with Crippen molar-refractivity contribution < 1.29 is 40.9 Å². The lowest BCUT2D eigenvalue weighted by Gasteiger charge is -2.28. The van der Waals surface area contributed by atoms with Crippen molar-refractivity contribution in [2.24, 2.45) is 0 Å². The second kappa shape index (κ2) is 8.71. The van der Waals surface area contributed by atoms with Crippen LogP contribution in [0.1, 0.15) is 34.3 Å². The van der Waals surface area contributed by atoms with Crippen LogP contribution in [0.5, 0.6) is 0 Å². The molecule has 1 aliphatic heterocycles. The highest BCUT2D eigenvalue weighted by molar-refractivity contribution is 6.06. The zero-order chi connectivity index (χ0) is 24.6. The first-order chi connectivity index (χ1) is 15.3. The van der Waals surface area contributed by atoms with E-state index in [4.69, 9.17) is 0 Å². The van der Waals surface area contributed by atoms with E-state index in [1.54, 1.807) is 0 Å². The maximum absolute atomic E-state index is 13.2. The SMILES string of the molecule is O=C1CCCN1CN(C(=O)c1cc(C(F)(F)F)cc(C(F)(F)F)c1)c1ccc([N+](=O)[O-])cc1. The molecule has 0 aliphatic carbocycles.